The first-order valence-electron chi connectivity index (χ1n) is 8.83. The molecule has 3 heterocycles. The van der Waals surface area contributed by atoms with E-state index in [9.17, 15) is 9.59 Å². The molecule has 0 aliphatic carbocycles. The Bertz CT molecular complexity index is 1230. The first-order chi connectivity index (χ1) is 13.4. The first kappa shape index (κ1) is 18.2. The molecule has 0 spiro atoms. The third-order valence-corrected chi connectivity index (χ3v) is 5.41. The lowest BCUT2D eigenvalue weighted by Crippen LogP contribution is -2.15. The van der Waals surface area contributed by atoms with Crippen LogP contribution in [0.25, 0.3) is 10.6 Å². The van der Waals surface area contributed by atoms with Crippen molar-refractivity contribution in [3.05, 3.63) is 86.5 Å². The van der Waals surface area contributed by atoms with Crippen LogP contribution < -0.4 is 5.56 Å². The van der Waals surface area contributed by atoms with Gasteiger partial charge in [-0.15, -0.1) is 11.3 Å². The van der Waals surface area contributed by atoms with E-state index in [2.05, 4.69) is 4.98 Å². The Morgan fingerprint density at radius 3 is 2.64 bits per heavy atom. The third kappa shape index (κ3) is 3.25. The van der Waals surface area contributed by atoms with Crippen LogP contribution in [0.1, 0.15) is 33.0 Å². The van der Waals surface area contributed by atoms with Crippen molar-refractivity contribution in [1.29, 1.82) is 0 Å². The number of hydrogen-bond donors (Lipinski definition) is 0. The average molecular weight is 393 g/mol. The van der Waals surface area contributed by atoms with E-state index >= 15 is 0 Å². The molecule has 0 saturated carbocycles. The van der Waals surface area contributed by atoms with Gasteiger partial charge in [0.2, 0.25) is 0 Å². The number of carbonyl (C=O) groups is 1. The molecular formula is C21H19N3O3S. The standard InChI is InChI=1S/C21H19N3O3S/c1-13-4-6-17(7-5-13)24-14(2)10-18(15(24)3)20(26)27-12-16-11-19(25)23-8-9-28-21(23)22-16/h4-11H,12H2,1-3H3. The molecule has 0 saturated heterocycles. The van der Waals surface area contributed by atoms with Crippen molar-refractivity contribution in [2.45, 2.75) is 27.4 Å². The maximum atomic E-state index is 12.6. The second-order valence-electron chi connectivity index (χ2n) is 6.67. The molecule has 28 heavy (non-hydrogen) atoms. The van der Waals surface area contributed by atoms with E-state index in [1.807, 2.05) is 55.7 Å². The summed E-state index contributed by atoms with van der Waals surface area (Å²) in [7, 11) is 0. The van der Waals surface area contributed by atoms with Gasteiger partial charge in [-0.3, -0.25) is 9.20 Å². The van der Waals surface area contributed by atoms with Gasteiger partial charge in [-0.1, -0.05) is 17.7 Å². The molecule has 7 heteroatoms. The summed E-state index contributed by atoms with van der Waals surface area (Å²) >= 11 is 1.36. The van der Waals surface area contributed by atoms with Crippen LogP contribution in [-0.2, 0) is 11.3 Å². The summed E-state index contributed by atoms with van der Waals surface area (Å²) in [5.41, 5.74) is 4.70. The summed E-state index contributed by atoms with van der Waals surface area (Å²) in [4.78, 5) is 29.6. The lowest BCUT2D eigenvalue weighted by atomic mass is 10.2. The molecule has 0 N–H and O–H groups in total. The first-order valence-corrected chi connectivity index (χ1v) is 9.71. The lowest BCUT2D eigenvalue weighted by Gasteiger charge is -2.10. The molecule has 0 aliphatic heterocycles. The molecule has 0 amide bonds. The normalized spacial score (nSPS) is 11.1. The Morgan fingerprint density at radius 2 is 1.89 bits per heavy atom. The summed E-state index contributed by atoms with van der Waals surface area (Å²) in [5.74, 6) is -0.431. The van der Waals surface area contributed by atoms with Gasteiger partial charge in [0.1, 0.15) is 6.61 Å². The van der Waals surface area contributed by atoms with Crippen LogP contribution in [0.2, 0.25) is 0 Å². The second-order valence-corrected chi connectivity index (χ2v) is 7.55. The maximum Gasteiger partial charge on any atom is 0.340 e. The number of rotatable bonds is 4. The van der Waals surface area contributed by atoms with Crippen LogP contribution in [0.15, 0.2) is 52.8 Å². The van der Waals surface area contributed by atoms with E-state index < -0.39 is 5.97 Å². The number of fused-ring (bicyclic) bond motifs is 1. The fourth-order valence-electron chi connectivity index (χ4n) is 3.24. The number of carbonyl (C=O) groups excluding carboxylic acids is 1. The number of benzene rings is 1. The van der Waals surface area contributed by atoms with Gasteiger partial charge in [-0.2, -0.15) is 0 Å². The fourth-order valence-corrected chi connectivity index (χ4v) is 3.98. The van der Waals surface area contributed by atoms with Crippen molar-refractivity contribution in [2.75, 3.05) is 0 Å². The number of esters is 1. The van der Waals surface area contributed by atoms with E-state index in [-0.39, 0.29) is 12.2 Å². The van der Waals surface area contributed by atoms with Gasteiger partial charge in [0, 0.05) is 34.7 Å². The molecule has 0 atom stereocenters. The van der Waals surface area contributed by atoms with Crippen LogP contribution in [0.5, 0.6) is 0 Å². The number of nitrogens with zero attached hydrogens (tertiary/aromatic N) is 3. The molecule has 0 bridgehead atoms. The summed E-state index contributed by atoms with van der Waals surface area (Å²) in [6.07, 6.45) is 1.67. The summed E-state index contributed by atoms with van der Waals surface area (Å²) < 4.78 is 8.93. The van der Waals surface area contributed by atoms with Crippen molar-refractivity contribution in [3.63, 3.8) is 0 Å². The number of aryl methyl sites for hydroxylation is 2. The monoisotopic (exact) mass is 393 g/mol. The molecule has 0 radical (unpaired) electrons. The molecule has 0 unspecified atom stereocenters. The molecule has 0 fully saturated rings. The van der Waals surface area contributed by atoms with Crippen LogP contribution in [-0.4, -0.2) is 19.9 Å². The zero-order chi connectivity index (χ0) is 19.8. The SMILES string of the molecule is Cc1ccc(-n2c(C)cc(C(=O)OCc3cc(=O)n4ccsc4n3)c2C)cc1. The van der Waals surface area contributed by atoms with E-state index in [1.165, 1.54) is 27.4 Å². The van der Waals surface area contributed by atoms with Crippen LogP contribution >= 0.6 is 11.3 Å². The van der Waals surface area contributed by atoms with Gasteiger partial charge >= 0.3 is 5.97 Å². The highest BCUT2D eigenvalue weighted by molar-refractivity contribution is 7.15. The number of ether oxygens (including phenoxy) is 1. The van der Waals surface area contributed by atoms with Gasteiger partial charge in [-0.05, 0) is 39.0 Å². The highest BCUT2D eigenvalue weighted by atomic mass is 32.1. The number of aromatic nitrogens is 3. The maximum absolute atomic E-state index is 12.6. The second kappa shape index (κ2) is 7.09. The Kier molecular flexibility index (Phi) is 4.60. The summed E-state index contributed by atoms with van der Waals surface area (Å²) in [6, 6.07) is 11.3. The molecule has 4 aromatic rings. The predicted molar refractivity (Wildman–Crippen MR) is 108 cm³/mol. The molecule has 142 valence electrons. The fraction of sp³-hybridized carbons (Fsp3) is 0.190. The quantitative estimate of drug-likeness (QED) is 0.494. The Balaban J connectivity index is 1.57. The number of thiazole rings is 1. The zero-order valence-corrected chi connectivity index (χ0v) is 16.6. The Morgan fingerprint density at radius 1 is 1.14 bits per heavy atom. The third-order valence-electron chi connectivity index (χ3n) is 4.65. The summed E-state index contributed by atoms with van der Waals surface area (Å²) in [5, 5.41) is 1.79. The molecule has 4 rings (SSSR count). The topological polar surface area (TPSA) is 65.6 Å². The minimum Gasteiger partial charge on any atom is -0.456 e. The van der Waals surface area contributed by atoms with Crippen molar-refractivity contribution in [3.8, 4) is 5.69 Å². The van der Waals surface area contributed by atoms with Gasteiger partial charge < -0.3 is 9.30 Å². The predicted octanol–water partition coefficient (Wildman–Crippen LogP) is 3.83. The van der Waals surface area contributed by atoms with Gasteiger partial charge in [0.05, 0.1) is 11.3 Å². The minimum atomic E-state index is -0.431. The largest absolute Gasteiger partial charge is 0.456 e. The molecule has 1 aromatic carbocycles. The minimum absolute atomic E-state index is 0.0450. The molecule has 3 aromatic heterocycles. The Labute approximate surface area is 165 Å². The van der Waals surface area contributed by atoms with Gasteiger partial charge in [0.15, 0.2) is 4.96 Å². The van der Waals surface area contributed by atoms with E-state index in [0.717, 1.165) is 17.1 Å². The molecule has 6 nitrogen and oxygen atoms in total. The van der Waals surface area contributed by atoms with Crippen molar-refractivity contribution in [1.82, 2.24) is 14.0 Å². The summed E-state index contributed by atoms with van der Waals surface area (Å²) in [6.45, 7) is 5.84. The average Bonchev–Trinajstić information content (AvgIpc) is 3.25. The number of hydrogen-bond acceptors (Lipinski definition) is 5. The van der Waals surface area contributed by atoms with Crippen molar-refractivity contribution < 1.29 is 9.53 Å². The highest BCUT2D eigenvalue weighted by Gasteiger charge is 2.18. The smallest absolute Gasteiger partial charge is 0.340 e. The van der Waals surface area contributed by atoms with Gasteiger partial charge in [0.25, 0.3) is 5.56 Å². The van der Waals surface area contributed by atoms with E-state index in [1.54, 1.807) is 11.6 Å². The van der Waals surface area contributed by atoms with Crippen LogP contribution in [0.4, 0.5) is 0 Å². The van der Waals surface area contributed by atoms with E-state index in [4.69, 9.17) is 4.74 Å². The highest BCUT2D eigenvalue weighted by Crippen LogP contribution is 2.22. The van der Waals surface area contributed by atoms with E-state index in [0.29, 0.717) is 16.2 Å². The molecule has 0 aliphatic rings. The lowest BCUT2D eigenvalue weighted by molar-refractivity contribution is 0.0467. The van der Waals surface area contributed by atoms with Gasteiger partial charge in [-0.25, -0.2) is 9.78 Å². The van der Waals surface area contributed by atoms with Crippen LogP contribution in [0.3, 0.4) is 0 Å². The van der Waals surface area contributed by atoms with Crippen molar-refractivity contribution >= 4 is 22.3 Å². The van der Waals surface area contributed by atoms with Crippen LogP contribution in [0, 0.1) is 20.8 Å². The Hall–Kier alpha value is -3.19. The molecular weight excluding hydrogens is 374 g/mol. The van der Waals surface area contributed by atoms with Crippen molar-refractivity contribution in [2.24, 2.45) is 0 Å². The zero-order valence-electron chi connectivity index (χ0n) is 15.8.